The first-order chi connectivity index (χ1) is 6.66. The van der Waals surface area contributed by atoms with E-state index in [0.29, 0.717) is 6.04 Å². The summed E-state index contributed by atoms with van der Waals surface area (Å²) in [4.78, 5) is 13.6. The second kappa shape index (κ2) is 5.61. The van der Waals surface area contributed by atoms with Gasteiger partial charge >= 0.3 is 0 Å². The van der Waals surface area contributed by atoms with Crippen molar-refractivity contribution in [1.82, 2.24) is 10.2 Å². The molecule has 0 aromatic heterocycles. The Morgan fingerprint density at radius 1 is 1.71 bits per heavy atom. The zero-order valence-corrected chi connectivity index (χ0v) is 10.1. The van der Waals surface area contributed by atoms with E-state index in [1.807, 2.05) is 23.6 Å². The molecule has 0 bridgehead atoms. The van der Waals surface area contributed by atoms with E-state index in [-0.39, 0.29) is 11.9 Å². The minimum atomic E-state index is 0.0104. The van der Waals surface area contributed by atoms with Crippen LogP contribution in [0.3, 0.4) is 0 Å². The molecule has 1 heterocycles. The molecule has 4 heteroatoms. The van der Waals surface area contributed by atoms with Crippen LogP contribution in [0.1, 0.15) is 27.2 Å². The van der Waals surface area contributed by atoms with Gasteiger partial charge in [0.2, 0.25) is 5.91 Å². The maximum atomic E-state index is 11.6. The first-order valence-electron chi connectivity index (χ1n) is 5.28. The van der Waals surface area contributed by atoms with E-state index >= 15 is 0 Å². The van der Waals surface area contributed by atoms with Crippen molar-refractivity contribution >= 4 is 17.7 Å². The molecule has 0 radical (unpaired) electrons. The summed E-state index contributed by atoms with van der Waals surface area (Å²) in [5, 5.41) is 3.16. The highest BCUT2D eigenvalue weighted by Crippen LogP contribution is 2.13. The topological polar surface area (TPSA) is 32.3 Å². The van der Waals surface area contributed by atoms with Crippen molar-refractivity contribution < 1.29 is 4.79 Å². The van der Waals surface area contributed by atoms with Crippen LogP contribution in [0.5, 0.6) is 0 Å². The highest BCUT2D eigenvalue weighted by molar-refractivity contribution is 7.99. The quantitative estimate of drug-likeness (QED) is 0.703. The molecule has 1 amide bonds. The molecule has 0 aliphatic carbocycles. The third-order valence-corrected chi connectivity index (χ3v) is 3.57. The van der Waals surface area contributed by atoms with Crippen LogP contribution in [0.2, 0.25) is 0 Å². The molecule has 14 heavy (non-hydrogen) atoms. The maximum absolute atomic E-state index is 11.6. The highest BCUT2D eigenvalue weighted by atomic mass is 32.2. The minimum absolute atomic E-state index is 0.0104. The van der Waals surface area contributed by atoms with Crippen molar-refractivity contribution in [3.8, 4) is 0 Å². The molecule has 1 fully saturated rings. The minimum Gasteiger partial charge on any atom is -0.326 e. The molecule has 2 atom stereocenters. The van der Waals surface area contributed by atoms with E-state index in [0.717, 1.165) is 24.6 Å². The number of nitrogens with one attached hydrogen (secondary N) is 1. The van der Waals surface area contributed by atoms with Gasteiger partial charge in [-0.15, -0.1) is 0 Å². The van der Waals surface area contributed by atoms with Crippen molar-refractivity contribution in [1.29, 1.82) is 0 Å². The summed E-state index contributed by atoms with van der Waals surface area (Å²) in [7, 11) is 0. The van der Waals surface area contributed by atoms with Crippen molar-refractivity contribution in [2.45, 2.75) is 39.3 Å². The van der Waals surface area contributed by atoms with Crippen molar-refractivity contribution in [3.05, 3.63) is 0 Å². The summed E-state index contributed by atoms with van der Waals surface area (Å²) in [6, 6.07) is 0.385. The van der Waals surface area contributed by atoms with E-state index in [9.17, 15) is 4.79 Å². The van der Waals surface area contributed by atoms with E-state index in [2.05, 4.69) is 19.2 Å². The number of carbonyl (C=O) groups is 1. The molecule has 2 unspecified atom stereocenters. The lowest BCUT2D eigenvalue weighted by molar-refractivity contribution is -0.130. The van der Waals surface area contributed by atoms with Gasteiger partial charge < -0.3 is 4.90 Å². The molecule has 1 saturated heterocycles. The number of carbonyl (C=O) groups excluding carboxylic acids is 1. The third kappa shape index (κ3) is 2.89. The summed E-state index contributed by atoms with van der Waals surface area (Å²) >= 11 is 1.94. The highest BCUT2D eigenvalue weighted by Gasteiger charge is 2.30. The number of nitrogens with zero attached hydrogens (tertiary/aromatic N) is 1. The molecule has 0 aromatic carbocycles. The normalized spacial score (nSPS) is 24.4. The first kappa shape index (κ1) is 11.9. The summed E-state index contributed by atoms with van der Waals surface area (Å²) in [5.41, 5.74) is 0. The second-order valence-electron chi connectivity index (χ2n) is 3.73. The van der Waals surface area contributed by atoms with Gasteiger partial charge in [0.1, 0.15) is 0 Å². The lowest BCUT2D eigenvalue weighted by Gasteiger charge is -2.23. The summed E-state index contributed by atoms with van der Waals surface area (Å²) in [6.07, 6.45) is 1.10. The van der Waals surface area contributed by atoms with Crippen LogP contribution in [-0.2, 0) is 4.79 Å². The molecule has 3 nitrogen and oxygen atoms in total. The van der Waals surface area contributed by atoms with Crippen LogP contribution in [0.4, 0.5) is 0 Å². The van der Waals surface area contributed by atoms with Crippen molar-refractivity contribution in [3.63, 3.8) is 0 Å². The Balaban J connectivity index is 2.30. The Kier molecular flexibility index (Phi) is 4.75. The largest absolute Gasteiger partial charge is 0.326 e. The molecule has 1 aliphatic rings. The van der Waals surface area contributed by atoms with Gasteiger partial charge in [0.15, 0.2) is 0 Å². The van der Waals surface area contributed by atoms with Gasteiger partial charge in [-0.2, -0.15) is 11.8 Å². The second-order valence-corrected chi connectivity index (χ2v) is 5.12. The van der Waals surface area contributed by atoms with Crippen molar-refractivity contribution in [2.24, 2.45) is 0 Å². The van der Waals surface area contributed by atoms with Gasteiger partial charge in [-0.1, -0.05) is 6.92 Å². The summed E-state index contributed by atoms with van der Waals surface area (Å²) in [6.45, 7) is 6.95. The number of hydrogen-bond acceptors (Lipinski definition) is 3. The number of amides is 1. The predicted octanol–water partition coefficient (Wildman–Crippen LogP) is 1.30. The van der Waals surface area contributed by atoms with E-state index in [1.165, 1.54) is 0 Å². The molecule has 1 aliphatic heterocycles. The fourth-order valence-corrected chi connectivity index (χ4v) is 2.37. The molecule has 0 saturated carbocycles. The Labute approximate surface area is 90.6 Å². The monoisotopic (exact) mass is 216 g/mol. The van der Waals surface area contributed by atoms with E-state index in [1.54, 1.807) is 0 Å². The van der Waals surface area contributed by atoms with Crippen LogP contribution in [0, 0.1) is 0 Å². The van der Waals surface area contributed by atoms with Gasteiger partial charge in [0, 0.05) is 6.04 Å². The van der Waals surface area contributed by atoms with Gasteiger partial charge in [-0.05, 0) is 31.8 Å². The Morgan fingerprint density at radius 2 is 2.43 bits per heavy atom. The zero-order chi connectivity index (χ0) is 10.6. The molecule has 1 N–H and O–H groups in total. The molecule has 1 rings (SSSR count). The Morgan fingerprint density at radius 3 is 2.93 bits per heavy atom. The average Bonchev–Trinajstić information content (AvgIpc) is 2.48. The first-order valence-corrected chi connectivity index (χ1v) is 6.44. The molecule has 82 valence electrons. The van der Waals surface area contributed by atoms with Gasteiger partial charge in [-0.25, -0.2) is 0 Å². The standard InChI is InChI=1S/C10H20N2OS/c1-4-14-6-5-8(2)12-7-11-9(3)10(12)13/h8-9,11H,4-7H2,1-3H3. The lowest BCUT2D eigenvalue weighted by atomic mass is 10.2. The zero-order valence-electron chi connectivity index (χ0n) is 9.25. The van der Waals surface area contributed by atoms with Gasteiger partial charge in [-0.3, -0.25) is 10.1 Å². The molecular weight excluding hydrogens is 196 g/mol. The SMILES string of the molecule is CCSCCC(C)N1CNC(C)C1=O. The fraction of sp³-hybridized carbons (Fsp3) is 0.900. The van der Waals surface area contributed by atoms with Crippen LogP contribution < -0.4 is 5.32 Å². The van der Waals surface area contributed by atoms with E-state index in [4.69, 9.17) is 0 Å². The molecule has 0 aromatic rings. The van der Waals surface area contributed by atoms with Crippen LogP contribution >= 0.6 is 11.8 Å². The number of hydrogen-bond donors (Lipinski definition) is 1. The smallest absolute Gasteiger partial charge is 0.240 e. The van der Waals surface area contributed by atoms with Crippen LogP contribution in [0.25, 0.3) is 0 Å². The number of rotatable bonds is 5. The number of thioether (sulfide) groups is 1. The average molecular weight is 216 g/mol. The predicted molar refractivity (Wildman–Crippen MR) is 61.4 cm³/mol. The van der Waals surface area contributed by atoms with Gasteiger partial charge in [0.05, 0.1) is 12.7 Å². The van der Waals surface area contributed by atoms with Crippen molar-refractivity contribution in [2.75, 3.05) is 18.2 Å². The van der Waals surface area contributed by atoms with Gasteiger partial charge in [0.25, 0.3) is 0 Å². The Bertz CT molecular complexity index is 199. The van der Waals surface area contributed by atoms with Crippen LogP contribution in [0.15, 0.2) is 0 Å². The fourth-order valence-electron chi connectivity index (χ4n) is 1.58. The van der Waals surface area contributed by atoms with E-state index < -0.39 is 0 Å². The molecular formula is C10H20N2OS. The summed E-state index contributed by atoms with van der Waals surface area (Å²) < 4.78 is 0. The lowest BCUT2D eigenvalue weighted by Crippen LogP contribution is -2.36. The molecule has 0 spiro atoms. The Hall–Kier alpha value is -0.220. The van der Waals surface area contributed by atoms with Crippen LogP contribution in [-0.4, -0.2) is 41.1 Å². The third-order valence-electron chi connectivity index (χ3n) is 2.64. The summed E-state index contributed by atoms with van der Waals surface area (Å²) in [5.74, 6) is 2.56. The maximum Gasteiger partial charge on any atom is 0.240 e.